The highest BCUT2D eigenvalue weighted by molar-refractivity contribution is 7.18. The minimum Gasteiger partial charge on any atom is -0.469 e. The maximum absolute atomic E-state index is 11.3. The van der Waals surface area contributed by atoms with Crippen molar-refractivity contribution in [2.75, 3.05) is 7.11 Å². The molecule has 0 amide bonds. The van der Waals surface area contributed by atoms with Crippen molar-refractivity contribution in [2.24, 2.45) is 0 Å². The molecule has 5 nitrogen and oxygen atoms in total. The van der Waals surface area contributed by atoms with E-state index in [9.17, 15) is 4.79 Å². The van der Waals surface area contributed by atoms with Gasteiger partial charge in [0.1, 0.15) is 16.9 Å². The van der Waals surface area contributed by atoms with Gasteiger partial charge in [0, 0.05) is 4.88 Å². The van der Waals surface area contributed by atoms with Crippen molar-refractivity contribution in [3.63, 3.8) is 0 Å². The fraction of sp³-hybridized carbons (Fsp3) is 0.316. The lowest BCUT2D eigenvalue weighted by Gasteiger charge is -2.12. The van der Waals surface area contributed by atoms with E-state index >= 15 is 0 Å². The molecule has 0 bridgehead atoms. The number of methoxy groups -OCH3 is 1. The SMILES string of the molecule is COC(=O)Cc1ccc(Oc2ncnc3sc4c(c23)CCCC4)cc1. The first-order chi connectivity index (χ1) is 12.2. The maximum Gasteiger partial charge on any atom is 0.309 e. The third kappa shape index (κ3) is 3.22. The monoisotopic (exact) mass is 354 g/mol. The summed E-state index contributed by atoms with van der Waals surface area (Å²) in [4.78, 5) is 22.5. The van der Waals surface area contributed by atoms with Crippen LogP contribution in [-0.2, 0) is 28.8 Å². The van der Waals surface area contributed by atoms with Gasteiger partial charge in [-0.15, -0.1) is 11.3 Å². The maximum atomic E-state index is 11.3. The highest BCUT2D eigenvalue weighted by atomic mass is 32.1. The van der Waals surface area contributed by atoms with Crippen molar-refractivity contribution in [3.8, 4) is 11.6 Å². The van der Waals surface area contributed by atoms with Crippen LogP contribution in [0, 0.1) is 0 Å². The molecule has 0 unspecified atom stereocenters. The van der Waals surface area contributed by atoms with Crippen LogP contribution in [0.4, 0.5) is 0 Å². The van der Waals surface area contributed by atoms with Gasteiger partial charge in [-0.05, 0) is 48.9 Å². The van der Waals surface area contributed by atoms with Gasteiger partial charge in [-0.3, -0.25) is 4.79 Å². The molecular weight excluding hydrogens is 336 g/mol. The fourth-order valence-electron chi connectivity index (χ4n) is 3.16. The zero-order chi connectivity index (χ0) is 17.2. The number of hydrogen-bond acceptors (Lipinski definition) is 6. The first-order valence-corrected chi connectivity index (χ1v) is 9.15. The van der Waals surface area contributed by atoms with E-state index in [0.29, 0.717) is 11.6 Å². The summed E-state index contributed by atoms with van der Waals surface area (Å²) in [7, 11) is 1.39. The molecule has 25 heavy (non-hydrogen) atoms. The number of esters is 1. The molecule has 1 aliphatic rings. The van der Waals surface area contributed by atoms with Gasteiger partial charge in [0.05, 0.1) is 18.9 Å². The summed E-state index contributed by atoms with van der Waals surface area (Å²) < 4.78 is 10.7. The Kier molecular flexibility index (Phi) is 4.36. The standard InChI is InChI=1S/C19H18N2O3S/c1-23-16(22)10-12-6-8-13(9-7-12)24-18-17-14-4-2-3-5-15(14)25-19(17)21-11-20-18/h6-9,11H,2-5,10H2,1H3. The third-order valence-corrected chi connectivity index (χ3v) is 5.63. The molecule has 0 N–H and O–H groups in total. The van der Waals surface area contributed by atoms with Crippen LogP contribution < -0.4 is 4.74 Å². The molecule has 3 aromatic rings. The van der Waals surface area contributed by atoms with Crippen LogP contribution >= 0.6 is 11.3 Å². The fourth-order valence-corrected chi connectivity index (χ4v) is 4.38. The number of aromatic nitrogens is 2. The predicted molar refractivity (Wildman–Crippen MR) is 96.3 cm³/mol. The molecule has 6 heteroatoms. The quantitative estimate of drug-likeness (QED) is 0.661. The van der Waals surface area contributed by atoms with Crippen molar-refractivity contribution in [2.45, 2.75) is 32.1 Å². The van der Waals surface area contributed by atoms with E-state index in [2.05, 4.69) is 14.7 Å². The Labute approximate surface area is 149 Å². The van der Waals surface area contributed by atoms with E-state index in [1.165, 1.54) is 30.4 Å². The number of nitrogens with zero attached hydrogens (tertiary/aromatic N) is 2. The van der Waals surface area contributed by atoms with Gasteiger partial charge < -0.3 is 9.47 Å². The lowest BCUT2D eigenvalue weighted by atomic mass is 9.97. The average molecular weight is 354 g/mol. The minimum absolute atomic E-state index is 0.254. The third-order valence-electron chi connectivity index (χ3n) is 4.43. The van der Waals surface area contributed by atoms with Crippen molar-refractivity contribution in [1.82, 2.24) is 9.97 Å². The van der Waals surface area contributed by atoms with Crippen LogP contribution in [-0.4, -0.2) is 23.0 Å². The molecule has 1 aliphatic carbocycles. The molecule has 128 valence electrons. The van der Waals surface area contributed by atoms with Crippen LogP contribution in [0.5, 0.6) is 11.6 Å². The molecule has 0 aliphatic heterocycles. The predicted octanol–water partition coefficient (Wildman–Crippen LogP) is 4.08. The van der Waals surface area contributed by atoms with Gasteiger partial charge in [-0.25, -0.2) is 9.97 Å². The van der Waals surface area contributed by atoms with Crippen molar-refractivity contribution in [3.05, 3.63) is 46.6 Å². The number of fused-ring (bicyclic) bond motifs is 3. The van der Waals surface area contributed by atoms with E-state index < -0.39 is 0 Å². The molecule has 0 spiro atoms. The number of carbonyl (C=O) groups is 1. The van der Waals surface area contributed by atoms with Gasteiger partial charge in [-0.2, -0.15) is 0 Å². The van der Waals surface area contributed by atoms with Crippen molar-refractivity contribution < 1.29 is 14.3 Å². The Morgan fingerprint density at radius 1 is 1.16 bits per heavy atom. The van der Waals surface area contributed by atoms with Crippen molar-refractivity contribution >= 4 is 27.5 Å². The highest BCUT2D eigenvalue weighted by Crippen LogP contribution is 2.40. The second-order valence-electron chi connectivity index (χ2n) is 6.07. The summed E-state index contributed by atoms with van der Waals surface area (Å²) in [5.74, 6) is 1.06. The smallest absolute Gasteiger partial charge is 0.309 e. The largest absolute Gasteiger partial charge is 0.469 e. The Morgan fingerprint density at radius 3 is 2.76 bits per heavy atom. The Hall–Kier alpha value is -2.47. The summed E-state index contributed by atoms with van der Waals surface area (Å²) in [6.07, 6.45) is 6.45. The Balaban J connectivity index is 1.62. The number of carbonyl (C=O) groups excluding carboxylic acids is 1. The van der Waals surface area contributed by atoms with Gasteiger partial charge in [0.2, 0.25) is 5.88 Å². The zero-order valence-electron chi connectivity index (χ0n) is 13.9. The van der Waals surface area contributed by atoms with Gasteiger partial charge in [0.15, 0.2) is 0 Å². The summed E-state index contributed by atoms with van der Waals surface area (Å²) >= 11 is 1.75. The normalized spacial score (nSPS) is 13.5. The summed E-state index contributed by atoms with van der Waals surface area (Å²) in [5, 5.41) is 1.06. The van der Waals surface area contributed by atoms with Crippen LogP contribution in [0.1, 0.15) is 28.8 Å². The molecule has 2 heterocycles. The number of rotatable bonds is 4. The second-order valence-corrected chi connectivity index (χ2v) is 7.15. The lowest BCUT2D eigenvalue weighted by molar-refractivity contribution is -0.139. The van der Waals surface area contributed by atoms with E-state index in [-0.39, 0.29) is 12.4 Å². The van der Waals surface area contributed by atoms with E-state index in [1.807, 2.05) is 24.3 Å². The summed E-state index contributed by atoms with van der Waals surface area (Å²) in [6.45, 7) is 0. The number of benzene rings is 1. The molecule has 1 aromatic carbocycles. The Bertz CT molecular complexity index is 918. The highest BCUT2D eigenvalue weighted by Gasteiger charge is 2.20. The molecule has 0 fully saturated rings. The zero-order valence-corrected chi connectivity index (χ0v) is 14.8. The van der Waals surface area contributed by atoms with Crippen LogP contribution in [0.3, 0.4) is 0 Å². The van der Waals surface area contributed by atoms with Crippen LogP contribution in [0.15, 0.2) is 30.6 Å². The Morgan fingerprint density at radius 2 is 1.96 bits per heavy atom. The molecule has 0 saturated carbocycles. The minimum atomic E-state index is -0.254. The van der Waals surface area contributed by atoms with E-state index in [4.69, 9.17) is 4.74 Å². The first-order valence-electron chi connectivity index (χ1n) is 8.33. The molecule has 0 radical (unpaired) electrons. The number of aryl methyl sites for hydroxylation is 2. The molecule has 4 rings (SSSR count). The second kappa shape index (κ2) is 6.80. The number of hydrogen-bond donors (Lipinski definition) is 0. The molecular formula is C19H18N2O3S. The molecule has 2 aromatic heterocycles. The lowest BCUT2D eigenvalue weighted by Crippen LogP contribution is -2.04. The van der Waals surface area contributed by atoms with E-state index in [0.717, 1.165) is 28.6 Å². The topological polar surface area (TPSA) is 61.3 Å². The number of thiophene rings is 1. The van der Waals surface area contributed by atoms with Gasteiger partial charge in [0.25, 0.3) is 0 Å². The summed E-state index contributed by atoms with van der Waals surface area (Å²) in [5.41, 5.74) is 2.24. The van der Waals surface area contributed by atoms with Gasteiger partial charge in [-0.1, -0.05) is 12.1 Å². The number of ether oxygens (including phenoxy) is 2. The molecule has 0 atom stereocenters. The van der Waals surface area contributed by atoms with Gasteiger partial charge >= 0.3 is 5.97 Å². The van der Waals surface area contributed by atoms with Crippen LogP contribution in [0.2, 0.25) is 0 Å². The van der Waals surface area contributed by atoms with E-state index in [1.54, 1.807) is 17.7 Å². The first kappa shape index (κ1) is 16.0. The van der Waals surface area contributed by atoms with Crippen molar-refractivity contribution in [1.29, 1.82) is 0 Å². The molecule has 0 saturated heterocycles. The average Bonchev–Trinajstić information content (AvgIpc) is 3.03. The summed E-state index contributed by atoms with van der Waals surface area (Å²) in [6, 6.07) is 7.44. The van der Waals surface area contributed by atoms with Crippen LogP contribution in [0.25, 0.3) is 10.2 Å².